The van der Waals surface area contributed by atoms with Gasteiger partial charge in [0.15, 0.2) is 0 Å². The summed E-state index contributed by atoms with van der Waals surface area (Å²) < 4.78 is 19.9. The van der Waals surface area contributed by atoms with Crippen molar-refractivity contribution in [3.8, 4) is 11.4 Å². The fraction of sp³-hybridized carbons (Fsp3) is 0.227. The van der Waals surface area contributed by atoms with Crippen LogP contribution in [0.5, 0.6) is 5.75 Å². The van der Waals surface area contributed by atoms with Crippen LogP contribution in [0.2, 0.25) is 0 Å². The number of hydrogen-bond donors (Lipinski definition) is 1. The number of carbonyl (C=O) groups excluding carboxylic acids is 2. The highest BCUT2D eigenvalue weighted by Crippen LogP contribution is 2.20. The van der Waals surface area contributed by atoms with Gasteiger partial charge < -0.3 is 15.0 Å². The van der Waals surface area contributed by atoms with Crippen LogP contribution in [0.4, 0.5) is 10.1 Å². The predicted molar refractivity (Wildman–Crippen MR) is 112 cm³/mol. The molecular formula is C22H23FN4O3. The van der Waals surface area contributed by atoms with E-state index in [1.54, 1.807) is 69.1 Å². The molecule has 1 aromatic heterocycles. The number of hydrogen-bond acceptors (Lipinski definition) is 4. The van der Waals surface area contributed by atoms with Crippen molar-refractivity contribution in [2.75, 3.05) is 26.0 Å². The molecule has 0 radical (unpaired) electrons. The minimum atomic E-state index is -0.348. The number of aryl methyl sites for hydroxylation is 1. The fourth-order valence-electron chi connectivity index (χ4n) is 3.14. The Morgan fingerprint density at radius 3 is 2.33 bits per heavy atom. The summed E-state index contributed by atoms with van der Waals surface area (Å²) in [4.78, 5) is 26.7. The number of nitrogens with one attached hydrogen (secondary N) is 1. The van der Waals surface area contributed by atoms with Gasteiger partial charge in [0.05, 0.1) is 36.3 Å². The second kappa shape index (κ2) is 8.77. The Labute approximate surface area is 174 Å². The molecule has 0 unspecified atom stereocenters. The van der Waals surface area contributed by atoms with E-state index >= 15 is 0 Å². The molecule has 8 heteroatoms. The molecule has 3 aromatic rings. The standard InChI is InChI=1S/C22H23FN4O3/c1-14-21(15(2)27(25-14)18-9-5-16(23)6-10-18)22(29)26(3)13-20(28)24-17-7-11-19(30-4)12-8-17/h5-12H,13H2,1-4H3,(H,24,28). The second-order valence-electron chi connectivity index (χ2n) is 6.87. The first-order chi connectivity index (χ1) is 14.3. The molecule has 156 valence electrons. The number of ether oxygens (including phenoxy) is 1. The van der Waals surface area contributed by atoms with Crippen molar-refractivity contribution in [2.45, 2.75) is 13.8 Å². The van der Waals surface area contributed by atoms with E-state index < -0.39 is 0 Å². The zero-order chi connectivity index (χ0) is 21.8. The van der Waals surface area contributed by atoms with Crippen LogP contribution in [0, 0.1) is 19.7 Å². The minimum absolute atomic E-state index is 0.120. The number of benzene rings is 2. The van der Waals surface area contributed by atoms with Gasteiger partial charge in [-0.25, -0.2) is 9.07 Å². The summed E-state index contributed by atoms with van der Waals surface area (Å²) >= 11 is 0. The molecule has 0 fully saturated rings. The van der Waals surface area contributed by atoms with Gasteiger partial charge in [0.2, 0.25) is 5.91 Å². The van der Waals surface area contributed by atoms with Crippen LogP contribution in [0.1, 0.15) is 21.7 Å². The normalized spacial score (nSPS) is 10.6. The highest BCUT2D eigenvalue weighted by molar-refractivity contribution is 6.00. The van der Waals surface area contributed by atoms with E-state index in [1.165, 1.54) is 17.0 Å². The summed E-state index contributed by atoms with van der Waals surface area (Å²) in [5, 5.41) is 7.16. The Hall–Kier alpha value is -3.68. The van der Waals surface area contributed by atoms with Gasteiger partial charge in [-0.05, 0) is 62.4 Å². The van der Waals surface area contributed by atoms with Gasteiger partial charge in [0, 0.05) is 12.7 Å². The van der Waals surface area contributed by atoms with Crippen molar-refractivity contribution in [3.05, 3.63) is 71.3 Å². The summed E-state index contributed by atoms with van der Waals surface area (Å²) in [5.41, 5.74) is 2.82. The Kier molecular flexibility index (Phi) is 6.15. The smallest absolute Gasteiger partial charge is 0.257 e. The van der Waals surface area contributed by atoms with Crippen molar-refractivity contribution < 1.29 is 18.7 Å². The Bertz CT molecular complexity index is 1060. The molecule has 0 spiro atoms. The van der Waals surface area contributed by atoms with Crippen molar-refractivity contribution in [1.82, 2.24) is 14.7 Å². The highest BCUT2D eigenvalue weighted by Gasteiger charge is 2.23. The summed E-state index contributed by atoms with van der Waals surface area (Å²) in [6, 6.07) is 12.8. The Morgan fingerprint density at radius 2 is 1.73 bits per heavy atom. The number of halogens is 1. The molecule has 3 rings (SSSR count). The topological polar surface area (TPSA) is 76.5 Å². The van der Waals surface area contributed by atoms with Crippen LogP contribution < -0.4 is 10.1 Å². The van der Waals surface area contributed by atoms with Gasteiger partial charge in [-0.1, -0.05) is 0 Å². The van der Waals surface area contributed by atoms with Crippen molar-refractivity contribution in [2.24, 2.45) is 0 Å². The number of rotatable bonds is 6. The van der Waals surface area contributed by atoms with Gasteiger partial charge in [-0.2, -0.15) is 5.10 Å². The van der Waals surface area contributed by atoms with Gasteiger partial charge >= 0.3 is 0 Å². The molecule has 2 aromatic carbocycles. The van der Waals surface area contributed by atoms with E-state index in [9.17, 15) is 14.0 Å². The van der Waals surface area contributed by atoms with Gasteiger partial charge in [0.1, 0.15) is 11.6 Å². The molecule has 0 saturated heterocycles. The zero-order valence-corrected chi connectivity index (χ0v) is 17.3. The lowest BCUT2D eigenvalue weighted by Gasteiger charge is -2.17. The van der Waals surface area contributed by atoms with Crippen LogP contribution in [0.15, 0.2) is 48.5 Å². The maximum Gasteiger partial charge on any atom is 0.257 e. The van der Waals surface area contributed by atoms with Crippen molar-refractivity contribution in [1.29, 1.82) is 0 Å². The van der Waals surface area contributed by atoms with Crippen molar-refractivity contribution >= 4 is 17.5 Å². The number of nitrogens with zero attached hydrogens (tertiary/aromatic N) is 3. The van der Waals surface area contributed by atoms with Crippen LogP contribution in [0.3, 0.4) is 0 Å². The quantitative estimate of drug-likeness (QED) is 0.676. The number of likely N-dealkylation sites (N-methyl/N-ethyl adjacent to an activating group) is 1. The van der Waals surface area contributed by atoms with E-state index in [2.05, 4.69) is 10.4 Å². The Morgan fingerprint density at radius 1 is 1.10 bits per heavy atom. The van der Waals surface area contributed by atoms with Crippen LogP contribution >= 0.6 is 0 Å². The number of carbonyl (C=O) groups is 2. The Balaban J connectivity index is 1.72. The summed E-state index contributed by atoms with van der Waals surface area (Å²) in [5.74, 6) is -0.302. The lowest BCUT2D eigenvalue weighted by molar-refractivity contribution is -0.116. The van der Waals surface area contributed by atoms with E-state index in [1.807, 2.05) is 0 Å². The first-order valence-electron chi connectivity index (χ1n) is 9.31. The molecule has 30 heavy (non-hydrogen) atoms. The molecule has 0 atom stereocenters. The molecule has 0 aliphatic carbocycles. The maximum atomic E-state index is 13.2. The van der Waals surface area contributed by atoms with Gasteiger partial charge in [-0.15, -0.1) is 0 Å². The second-order valence-corrected chi connectivity index (χ2v) is 6.87. The SMILES string of the molecule is COc1ccc(NC(=O)CN(C)C(=O)c2c(C)nn(-c3ccc(F)cc3)c2C)cc1. The summed E-state index contributed by atoms with van der Waals surface area (Å²) in [6.45, 7) is 3.37. The van der Waals surface area contributed by atoms with E-state index in [0.29, 0.717) is 34.1 Å². The summed E-state index contributed by atoms with van der Waals surface area (Å²) in [6.07, 6.45) is 0. The first-order valence-corrected chi connectivity index (χ1v) is 9.31. The number of methoxy groups -OCH3 is 1. The molecule has 7 nitrogen and oxygen atoms in total. The van der Waals surface area contributed by atoms with Crippen molar-refractivity contribution in [3.63, 3.8) is 0 Å². The third-order valence-corrected chi connectivity index (χ3v) is 4.68. The predicted octanol–water partition coefficient (Wildman–Crippen LogP) is 3.35. The number of anilines is 1. The zero-order valence-electron chi connectivity index (χ0n) is 17.3. The minimum Gasteiger partial charge on any atom is -0.497 e. The molecule has 2 amide bonds. The molecule has 0 bridgehead atoms. The average molecular weight is 410 g/mol. The molecule has 1 heterocycles. The average Bonchev–Trinajstić information content (AvgIpc) is 3.02. The van der Waals surface area contributed by atoms with E-state index in [0.717, 1.165) is 0 Å². The lowest BCUT2D eigenvalue weighted by Crippen LogP contribution is -2.35. The van der Waals surface area contributed by atoms with E-state index in [4.69, 9.17) is 4.74 Å². The third-order valence-electron chi connectivity index (χ3n) is 4.68. The molecule has 0 aliphatic heterocycles. The molecule has 1 N–H and O–H groups in total. The monoisotopic (exact) mass is 410 g/mol. The van der Waals surface area contributed by atoms with Crippen LogP contribution in [-0.4, -0.2) is 47.2 Å². The first kappa shape index (κ1) is 21.0. The molecule has 0 saturated carbocycles. The summed E-state index contributed by atoms with van der Waals surface area (Å²) in [7, 11) is 3.13. The molecular weight excluding hydrogens is 387 g/mol. The third kappa shape index (κ3) is 4.48. The van der Waals surface area contributed by atoms with Crippen LogP contribution in [0.25, 0.3) is 5.69 Å². The fourth-order valence-corrected chi connectivity index (χ4v) is 3.14. The number of amides is 2. The highest BCUT2D eigenvalue weighted by atomic mass is 19.1. The van der Waals surface area contributed by atoms with Crippen LogP contribution in [-0.2, 0) is 4.79 Å². The largest absolute Gasteiger partial charge is 0.497 e. The van der Waals surface area contributed by atoms with E-state index in [-0.39, 0.29) is 24.2 Å². The van der Waals surface area contributed by atoms with Gasteiger partial charge in [0.25, 0.3) is 5.91 Å². The van der Waals surface area contributed by atoms with Gasteiger partial charge in [-0.3, -0.25) is 9.59 Å². The lowest BCUT2D eigenvalue weighted by atomic mass is 10.1. The number of aromatic nitrogens is 2. The maximum absolute atomic E-state index is 13.2. The molecule has 0 aliphatic rings.